The summed E-state index contributed by atoms with van der Waals surface area (Å²) >= 11 is 0. The molecule has 0 aliphatic carbocycles. The molecule has 0 fully saturated rings. The lowest BCUT2D eigenvalue weighted by atomic mass is 9.97. The van der Waals surface area contributed by atoms with Crippen LogP contribution in [-0.4, -0.2) is 27.2 Å². The van der Waals surface area contributed by atoms with Gasteiger partial charge in [-0.3, -0.25) is 9.59 Å². The molecule has 112 valence electrons. The molecule has 20 heavy (non-hydrogen) atoms. The Morgan fingerprint density at radius 3 is 2.80 bits per heavy atom. The van der Waals surface area contributed by atoms with Gasteiger partial charge in [0.25, 0.3) is 5.56 Å². The summed E-state index contributed by atoms with van der Waals surface area (Å²) in [6, 6.07) is 0. The monoisotopic (exact) mass is 281 g/mol. The van der Waals surface area contributed by atoms with E-state index in [9.17, 15) is 9.59 Å². The Kier molecular flexibility index (Phi) is 6.76. The molecule has 6 heteroatoms. The van der Waals surface area contributed by atoms with Crippen molar-refractivity contribution in [2.45, 2.75) is 46.1 Å². The Labute approximate surface area is 118 Å². The van der Waals surface area contributed by atoms with Crippen molar-refractivity contribution in [2.24, 2.45) is 5.92 Å². The van der Waals surface area contributed by atoms with E-state index in [0.29, 0.717) is 31.2 Å². The molecule has 1 aromatic heterocycles. The minimum absolute atomic E-state index is 0.117. The summed E-state index contributed by atoms with van der Waals surface area (Å²) in [6.45, 7) is 5.21. The van der Waals surface area contributed by atoms with E-state index in [4.69, 9.17) is 5.11 Å². The zero-order chi connectivity index (χ0) is 15.0. The van der Waals surface area contributed by atoms with E-state index in [-0.39, 0.29) is 12.0 Å². The average Bonchev–Trinajstić information content (AvgIpc) is 2.44. The molecule has 0 aliphatic rings. The first kappa shape index (κ1) is 16.2. The highest BCUT2D eigenvalue weighted by molar-refractivity contribution is 5.66. The van der Waals surface area contributed by atoms with Crippen LogP contribution in [0.3, 0.4) is 0 Å². The van der Waals surface area contributed by atoms with Gasteiger partial charge in [0.15, 0.2) is 5.82 Å². The molecule has 0 aliphatic heterocycles. The number of aliphatic carboxylic acids is 1. The third-order valence-electron chi connectivity index (χ3n) is 3.44. The van der Waals surface area contributed by atoms with Crippen LogP contribution in [0.25, 0.3) is 0 Å². The molecule has 0 radical (unpaired) electrons. The molecule has 0 aromatic carbocycles. The van der Waals surface area contributed by atoms with Gasteiger partial charge >= 0.3 is 5.97 Å². The van der Waals surface area contributed by atoms with E-state index in [2.05, 4.69) is 17.2 Å². The fourth-order valence-electron chi connectivity index (χ4n) is 2.09. The van der Waals surface area contributed by atoms with E-state index in [1.165, 1.54) is 0 Å². The van der Waals surface area contributed by atoms with Crippen LogP contribution in [0.1, 0.15) is 39.5 Å². The van der Waals surface area contributed by atoms with Crippen molar-refractivity contribution >= 4 is 11.8 Å². The Bertz CT molecular complexity index is 485. The number of nitrogens with zero attached hydrogens (tertiary/aromatic N) is 2. The second-order valence-corrected chi connectivity index (χ2v) is 4.79. The third-order valence-corrected chi connectivity index (χ3v) is 3.44. The Morgan fingerprint density at radius 2 is 2.20 bits per heavy atom. The van der Waals surface area contributed by atoms with Crippen molar-refractivity contribution in [3.63, 3.8) is 0 Å². The van der Waals surface area contributed by atoms with Gasteiger partial charge in [0, 0.05) is 31.9 Å². The molecule has 1 atom stereocenters. The van der Waals surface area contributed by atoms with Crippen LogP contribution >= 0.6 is 0 Å². The smallest absolute Gasteiger partial charge is 0.303 e. The van der Waals surface area contributed by atoms with Crippen molar-refractivity contribution in [2.75, 3.05) is 11.9 Å². The largest absolute Gasteiger partial charge is 0.481 e. The fourth-order valence-corrected chi connectivity index (χ4v) is 2.09. The van der Waals surface area contributed by atoms with Crippen LogP contribution in [0.5, 0.6) is 0 Å². The maximum atomic E-state index is 11.9. The zero-order valence-corrected chi connectivity index (χ0v) is 12.1. The number of hydrogen-bond acceptors (Lipinski definition) is 4. The normalized spacial score (nSPS) is 12.1. The number of aryl methyl sites for hydroxylation is 1. The molecule has 6 nitrogen and oxygen atoms in total. The summed E-state index contributed by atoms with van der Waals surface area (Å²) < 4.78 is 1.59. The van der Waals surface area contributed by atoms with Crippen molar-refractivity contribution in [1.82, 2.24) is 9.55 Å². The summed E-state index contributed by atoms with van der Waals surface area (Å²) in [6.07, 6.45) is 5.92. The van der Waals surface area contributed by atoms with Crippen molar-refractivity contribution in [3.8, 4) is 0 Å². The van der Waals surface area contributed by atoms with Crippen LogP contribution in [0.15, 0.2) is 17.2 Å². The van der Waals surface area contributed by atoms with Gasteiger partial charge in [-0.15, -0.1) is 0 Å². The highest BCUT2D eigenvalue weighted by Gasteiger charge is 2.09. The lowest BCUT2D eigenvalue weighted by molar-refractivity contribution is -0.137. The molecule has 1 unspecified atom stereocenters. The SMILES string of the molecule is CCC(CCNc1nccn(CC)c1=O)CCC(=O)O. The number of carboxylic acid groups (broad SMARTS) is 1. The zero-order valence-electron chi connectivity index (χ0n) is 12.1. The highest BCUT2D eigenvalue weighted by Crippen LogP contribution is 2.15. The number of aromatic nitrogens is 2. The molecule has 1 aromatic rings. The van der Waals surface area contributed by atoms with E-state index in [0.717, 1.165) is 12.8 Å². The van der Waals surface area contributed by atoms with E-state index < -0.39 is 5.97 Å². The van der Waals surface area contributed by atoms with Gasteiger partial charge in [0.1, 0.15) is 0 Å². The van der Waals surface area contributed by atoms with E-state index in [1.54, 1.807) is 17.0 Å². The maximum Gasteiger partial charge on any atom is 0.303 e. The molecule has 0 bridgehead atoms. The Hall–Kier alpha value is -1.85. The molecule has 2 N–H and O–H groups in total. The van der Waals surface area contributed by atoms with Crippen LogP contribution in [-0.2, 0) is 11.3 Å². The quantitative estimate of drug-likeness (QED) is 0.722. The Balaban J connectivity index is 2.47. The van der Waals surface area contributed by atoms with Gasteiger partial charge in [0.2, 0.25) is 0 Å². The molecule has 0 saturated carbocycles. The number of anilines is 1. The van der Waals surface area contributed by atoms with Crippen LogP contribution < -0.4 is 10.9 Å². The van der Waals surface area contributed by atoms with Gasteiger partial charge < -0.3 is 15.0 Å². The van der Waals surface area contributed by atoms with Gasteiger partial charge in [-0.05, 0) is 25.7 Å². The molecule has 1 rings (SSSR count). The standard InChI is InChI=1S/C14H23N3O3/c1-3-11(5-6-12(18)19)7-8-15-13-14(20)17(4-2)10-9-16-13/h9-11H,3-8H2,1-2H3,(H,15,16)(H,18,19). The lowest BCUT2D eigenvalue weighted by Crippen LogP contribution is -2.24. The van der Waals surface area contributed by atoms with Gasteiger partial charge in [-0.2, -0.15) is 0 Å². The summed E-state index contributed by atoms with van der Waals surface area (Å²) in [7, 11) is 0. The first-order valence-corrected chi connectivity index (χ1v) is 7.09. The summed E-state index contributed by atoms with van der Waals surface area (Å²) in [5, 5.41) is 11.7. The molecule has 0 amide bonds. The number of carboxylic acids is 1. The van der Waals surface area contributed by atoms with Crippen LogP contribution in [0.2, 0.25) is 0 Å². The number of carbonyl (C=O) groups is 1. The molecule has 1 heterocycles. The lowest BCUT2D eigenvalue weighted by Gasteiger charge is -2.14. The van der Waals surface area contributed by atoms with Crippen molar-refractivity contribution in [1.29, 1.82) is 0 Å². The van der Waals surface area contributed by atoms with Gasteiger partial charge in [-0.1, -0.05) is 13.3 Å². The summed E-state index contributed by atoms with van der Waals surface area (Å²) in [4.78, 5) is 26.5. The first-order valence-electron chi connectivity index (χ1n) is 7.09. The maximum absolute atomic E-state index is 11.9. The first-order chi connectivity index (χ1) is 9.58. The second kappa shape index (κ2) is 8.35. The van der Waals surface area contributed by atoms with Gasteiger partial charge in [-0.25, -0.2) is 4.98 Å². The topological polar surface area (TPSA) is 84.2 Å². The number of hydrogen-bond donors (Lipinski definition) is 2. The van der Waals surface area contributed by atoms with Crippen LogP contribution in [0, 0.1) is 5.92 Å². The van der Waals surface area contributed by atoms with Crippen LogP contribution in [0.4, 0.5) is 5.82 Å². The van der Waals surface area contributed by atoms with Crippen molar-refractivity contribution in [3.05, 3.63) is 22.7 Å². The summed E-state index contributed by atoms with van der Waals surface area (Å²) in [5.41, 5.74) is -0.117. The molecular weight excluding hydrogens is 258 g/mol. The Morgan fingerprint density at radius 1 is 1.45 bits per heavy atom. The molecule has 0 saturated heterocycles. The highest BCUT2D eigenvalue weighted by atomic mass is 16.4. The van der Waals surface area contributed by atoms with Gasteiger partial charge in [0.05, 0.1) is 0 Å². The molecular formula is C14H23N3O3. The van der Waals surface area contributed by atoms with E-state index in [1.807, 2.05) is 6.92 Å². The third kappa shape index (κ3) is 5.03. The number of nitrogens with one attached hydrogen (secondary N) is 1. The molecule has 0 spiro atoms. The second-order valence-electron chi connectivity index (χ2n) is 4.79. The predicted molar refractivity (Wildman–Crippen MR) is 77.9 cm³/mol. The average molecular weight is 281 g/mol. The minimum atomic E-state index is -0.757. The van der Waals surface area contributed by atoms with E-state index >= 15 is 0 Å². The predicted octanol–water partition coefficient (Wildman–Crippen LogP) is 1.96. The summed E-state index contributed by atoms with van der Waals surface area (Å²) in [5.74, 6) is -0.0369. The minimum Gasteiger partial charge on any atom is -0.481 e. The fraction of sp³-hybridized carbons (Fsp3) is 0.643. The van der Waals surface area contributed by atoms with Crippen molar-refractivity contribution < 1.29 is 9.90 Å². The number of rotatable bonds is 9.